The minimum absolute atomic E-state index is 0.0727. The van der Waals surface area contributed by atoms with Gasteiger partial charge in [-0.2, -0.15) is 0 Å². The second-order valence-corrected chi connectivity index (χ2v) is 5.52. The van der Waals surface area contributed by atoms with Crippen LogP contribution in [-0.4, -0.2) is 32.0 Å². The quantitative estimate of drug-likeness (QED) is 0.770. The zero-order chi connectivity index (χ0) is 15.8. The average Bonchev–Trinajstić information content (AvgIpc) is 3.09. The van der Waals surface area contributed by atoms with E-state index in [0.717, 1.165) is 0 Å². The number of nitrogens with one attached hydrogen (secondary N) is 2. The third-order valence-electron chi connectivity index (χ3n) is 3.02. The first kappa shape index (κ1) is 16.0. The number of ether oxygens (including phenoxy) is 1. The van der Waals surface area contributed by atoms with Crippen molar-refractivity contribution in [1.82, 2.24) is 10.6 Å². The molecule has 0 aliphatic heterocycles. The van der Waals surface area contributed by atoms with Crippen LogP contribution >= 0.6 is 11.3 Å². The molecule has 2 N–H and O–H groups in total. The van der Waals surface area contributed by atoms with Crippen LogP contribution in [0, 0.1) is 0 Å². The van der Waals surface area contributed by atoms with Crippen molar-refractivity contribution in [2.24, 2.45) is 0 Å². The van der Waals surface area contributed by atoms with E-state index in [9.17, 15) is 9.59 Å². The Morgan fingerprint density at radius 3 is 2.32 bits per heavy atom. The van der Waals surface area contributed by atoms with Crippen LogP contribution in [0.1, 0.15) is 26.5 Å². The van der Waals surface area contributed by atoms with Gasteiger partial charge in [-0.1, -0.05) is 6.07 Å². The Hall–Kier alpha value is -2.34. The van der Waals surface area contributed by atoms with Crippen molar-refractivity contribution in [3.63, 3.8) is 0 Å². The summed E-state index contributed by atoms with van der Waals surface area (Å²) in [4.78, 5) is 24.3. The lowest BCUT2D eigenvalue weighted by molar-refractivity contribution is 0.0953. The molecule has 1 aromatic heterocycles. The molecule has 0 radical (unpaired) electrons. The van der Waals surface area contributed by atoms with Crippen LogP contribution in [0.25, 0.3) is 0 Å². The van der Waals surface area contributed by atoms with Crippen molar-refractivity contribution < 1.29 is 14.3 Å². The van der Waals surface area contributed by atoms with E-state index in [2.05, 4.69) is 10.6 Å². The lowest BCUT2D eigenvalue weighted by Crippen LogP contribution is -2.29. The smallest absolute Gasteiger partial charge is 0.261 e. The van der Waals surface area contributed by atoms with Gasteiger partial charge in [-0.25, -0.2) is 0 Å². The molecule has 1 heterocycles. The van der Waals surface area contributed by atoms with Crippen molar-refractivity contribution in [3.05, 3.63) is 52.2 Å². The molecule has 0 saturated heterocycles. The number of hydrogen-bond donors (Lipinski definition) is 2. The van der Waals surface area contributed by atoms with Crippen molar-refractivity contribution >= 4 is 23.2 Å². The summed E-state index contributed by atoms with van der Waals surface area (Å²) in [5.74, 6) is 0.511. The summed E-state index contributed by atoms with van der Waals surface area (Å²) in [7, 11) is 1.58. The molecule has 22 heavy (non-hydrogen) atoms. The van der Waals surface area contributed by atoms with E-state index in [0.29, 0.717) is 35.7 Å². The van der Waals surface area contributed by atoms with Gasteiger partial charge >= 0.3 is 0 Å². The molecule has 0 unspecified atom stereocenters. The van der Waals surface area contributed by atoms with Crippen LogP contribution in [0.2, 0.25) is 0 Å². The molecule has 5 nitrogen and oxygen atoms in total. The predicted octanol–water partition coefficient (Wildman–Crippen LogP) is 2.31. The number of rotatable bonds is 7. The number of hydrogen-bond acceptors (Lipinski definition) is 4. The van der Waals surface area contributed by atoms with E-state index in [-0.39, 0.29) is 11.8 Å². The second kappa shape index (κ2) is 8.19. The maximum atomic E-state index is 11.9. The summed E-state index contributed by atoms with van der Waals surface area (Å²) in [5.41, 5.74) is 0.587. The van der Waals surface area contributed by atoms with E-state index >= 15 is 0 Å². The van der Waals surface area contributed by atoms with Crippen molar-refractivity contribution in [2.45, 2.75) is 6.42 Å². The third-order valence-corrected chi connectivity index (χ3v) is 3.89. The molecular weight excluding hydrogens is 300 g/mol. The minimum atomic E-state index is -0.132. The van der Waals surface area contributed by atoms with E-state index < -0.39 is 0 Å². The molecule has 0 aliphatic rings. The SMILES string of the molecule is COc1ccc(C(=O)NCCCNC(=O)c2cccs2)cc1. The summed E-state index contributed by atoms with van der Waals surface area (Å²) in [6, 6.07) is 10.5. The van der Waals surface area contributed by atoms with E-state index in [1.54, 1.807) is 37.4 Å². The lowest BCUT2D eigenvalue weighted by atomic mass is 10.2. The van der Waals surface area contributed by atoms with Crippen molar-refractivity contribution in [1.29, 1.82) is 0 Å². The van der Waals surface area contributed by atoms with Crippen LogP contribution in [0.15, 0.2) is 41.8 Å². The van der Waals surface area contributed by atoms with E-state index in [1.807, 2.05) is 11.4 Å². The standard InChI is InChI=1S/C16H18N2O3S/c1-21-13-7-5-12(6-8-13)15(19)17-9-3-10-18-16(20)14-4-2-11-22-14/h2,4-8,11H,3,9-10H2,1H3,(H,17,19)(H,18,20). The number of methoxy groups -OCH3 is 1. The Morgan fingerprint density at radius 2 is 1.73 bits per heavy atom. The highest BCUT2D eigenvalue weighted by molar-refractivity contribution is 7.12. The Labute approximate surface area is 133 Å². The van der Waals surface area contributed by atoms with E-state index in [1.165, 1.54) is 11.3 Å². The zero-order valence-corrected chi connectivity index (χ0v) is 13.1. The van der Waals surface area contributed by atoms with Gasteiger partial charge in [0.1, 0.15) is 5.75 Å². The van der Waals surface area contributed by atoms with E-state index in [4.69, 9.17) is 4.74 Å². The predicted molar refractivity (Wildman–Crippen MR) is 86.6 cm³/mol. The zero-order valence-electron chi connectivity index (χ0n) is 12.3. The Bertz CT molecular complexity index is 609. The first-order chi connectivity index (χ1) is 10.7. The Kier molecular flexibility index (Phi) is 5.97. The second-order valence-electron chi connectivity index (χ2n) is 4.57. The van der Waals surface area contributed by atoms with Crippen LogP contribution in [0.3, 0.4) is 0 Å². The molecule has 1 aromatic carbocycles. The maximum Gasteiger partial charge on any atom is 0.261 e. The highest BCUT2D eigenvalue weighted by Gasteiger charge is 2.06. The van der Waals surface area contributed by atoms with Gasteiger partial charge in [0.2, 0.25) is 0 Å². The summed E-state index contributed by atoms with van der Waals surface area (Å²) >= 11 is 1.41. The molecule has 6 heteroatoms. The van der Waals surface area contributed by atoms with Gasteiger partial charge < -0.3 is 15.4 Å². The number of benzene rings is 1. The molecule has 0 spiro atoms. The van der Waals surface area contributed by atoms with Crippen molar-refractivity contribution in [3.8, 4) is 5.75 Å². The highest BCUT2D eigenvalue weighted by atomic mass is 32.1. The molecule has 2 rings (SSSR count). The molecule has 2 aromatic rings. The van der Waals surface area contributed by atoms with Crippen LogP contribution in [0.4, 0.5) is 0 Å². The van der Waals surface area contributed by atoms with Crippen LogP contribution in [-0.2, 0) is 0 Å². The summed E-state index contributed by atoms with van der Waals surface area (Å²) < 4.78 is 5.04. The van der Waals surface area contributed by atoms with Crippen LogP contribution in [0.5, 0.6) is 5.75 Å². The third kappa shape index (κ3) is 4.60. The molecule has 2 amide bonds. The minimum Gasteiger partial charge on any atom is -0.497 e. The summed E-state index contributed by atoms with van der Waals surface area (Å²) in [6.45, 7) is 1.04. The summed E-state index contributed by atoms with van der Waals surface area (Å²) in [5, 5.41) is 7.50. The van der Waals surface area contributed by atoms with Gasteiger partial charge in [-0.3, -0.25) is 9.59 Å². The first-order valence-electron chi connectivity index (χ1n) is 6.94. The molecular formula is C16H18N2O3S. The van der Waals surface area contributed by atoms with Gasteiger partial charge in [0.15, 0.2) is 0 Å². The molecule has 0 fully saturated rings. The largest absolute Gasteiger partial charge is 0.497 e. The van der Waals surface area contributed by atoms with Gasteiger partial charge in [-0.05, 0) is 42.1 Å². The average molecular weight is 318 g/mol. The van der Waals surface area contributed by atoms with Gasteiger partial charge in [-0.15, -0.1) is 11.3 Å². The van der Waals surface area contributed by atoms with Gasteiger partial charge in [0, 0.05) is 18.7 Å². The Morgan fingerprint density at radius 1 is 1.05 bits per heavy atom. The highest BCUT2D eigenvalue weighted by Crippen LogP contribution is 2.11. The van der Waals surface area contributed by atoms with Gasteiger partial charge in [0.05, 0.1) is 12.0 Å². The lowest BCUT2D eigenvalue weighted by Gasteiger charge is -2.07. The number of thiophene rings is 1. The summed E-state index contributed by atoms with van der Waals surface area (Å²) in [6.07, 6.45) is 0.680. The fraction of sp³-hybridized carbons (Fsp3) is 0.250. The fourth-order valence-electron chi connectivity index (χ4n) is 1.83. The van der Waals surface area contributed by atoms with Crippen molar-refractivity contribution in [2.75, 3.05) is 20.2 Å². The topological polar surface area (TPSA) is 67.4 Å². The van der Waals surface area contributed by atoms with Gasteiger partial charge in [0.25, 0.3) is 11.8 Å². The Balaban J connectivity index is 1.65. The number of carbonyl (C=O) groups excluding carboxylic acids is 2. The maximum absolute atomic E-state index is 11.9. The molecule has 0 saturated carbocycles. The number of amides is 2. The molecule has 0 aliphatic carbocycles. The fourth-order valence-corrected chi connectivity index (χ4v) is 2.47. The first-order valence-corrected chi connectivity index (χ1v) is 7.82. The van der Waals surface area contributed by atoms with Crippen LogP contribution < -0.4 is 15.4 Å². The monoisotopic (exact) mass is 318 g/mol. The molecule has 116 valence electrons. The number of carbonyl (C=O) groups is 2. The molecule has 0 bridgehead atoms. The normalized spacial score (nSPS) is 10.0. The molecule has 0 atom stereocenters.